The lowest BCUT2D eigenvalue weighted by molar-refractivity contribution is 0.288. The third-order valence-electron chi connectivity index (χ3n) is 3.73. The highest BCUT2D eigenvalue weighted by Crippen LogP contribution is 2.28. The summed E-state index contributed by atoms with van der Waals surface area (Å²) in [5.41, 5.74) is 10.1. The molecular formula is C17H18BrNO. The lowest BCUT2D eigenvalue weighted by Crippen LogP contribution is -2.15. The van der Waals surface area contributed by atoms with E-state index in [1.807, 2.05) is 0 Å². The SMILES string of the molecule is NC(Cc1ccc(Br)cc1)c1ccc2c(c1)CCCO2. The molecule has 0 saturated carbocycles. The van der Waals surface area contributed by atoms with Gasteiger partial charge in [-0.1, -0.05) is 40.2 Å². The highest BCUT2D eigenvalue weighted by molar-refractivity contribution is 9.10. The maximum Gasteiger partial charge on any atom is 0.122 e. The lowest BCUT2D eigenvalue weighted by atomic mass is 9.96. The van der Waals surface area contributed by atoms with Gasteiger partial charge in [0.1, 0.15) is 5.75 Å². The Bertz CT molecular complexity index is 594. The van der Waals surface area contributed by atoms with Gasteiger partial charge in [-0.25, -0.2) is 0 Å². The third-order valence-corrected chi connectivity index (χ3v) is 4.26. The summed E-state index contributed by atoms with van der Waals surface area (Å²) in [5, 5.41) is 0. The molecule has 0 aliphatic carbocycles. The van der Waals surface area contributed by atoms with E-state index in [4.69, 9.17) is 10.5 Å². The summed E-state index contributed by atoms with van der Waals surface area (Å²) in [6.07, 6.45) is 3.04. The Morgan fingerprint density at radius 2 is 1.95 bits per heavy atom. The van der Waals surface area contributed by atoms with Crippen molar-refractivity contribution in [2.75, 3.05) is 6.61 Å². The Morgan fingerprint density at radius 1 is 1.15 bits per heavy atom. The quantitative estimate of drug-likeness (QED) is 0.921. The fraction of sp³-hybridized carbons (Fsp3) is 0.294. The number of aryl methyl sites for hydroxylation is 1. The molecule has 0 amide bonds. The lowest BCUT2D eigenvalue weighted by Gasteiger charge is -2.20. The van der Waals surface area contributed by atoms with Crippen molar-refractivity contribution in [2.45, 2.75) is 25.3 Å². The molecule has 2 aromatic carbocycles. The molecule has 104 valence electrons. The second kappa shape index (κ2) is 5.98. The predicted octanol–water partition coefficient (Wildman–Crippen LogP) is 4.02. The average molecular weight is 332 g/mol. The molecule has 0 bridgehead atoms. The van der Waals surface area contributed by atoms with Crippen LogP contribution < -0.4 is 10.5 Å². The summed E-state index contributed by atoms with van der Waals surface area (Å²) in [7, 11) is 0. The van der Waals surface area contributed by atoms with Crippen molar-refractivity contribution < 1.29 is 4.74 Å². The molecule has 3 rings (SSSR count). The van der Waals surface area contributed by atoms with E-state index in [9.17, 15) is 0 Å². The number of fused-ring (bicyclic) bond motifs is 1. The largest absolute Gasteiger partial charge is 0.493 e. The maximum absolute atomic E-state index is 6.35. The fourth-order valence-corrected chi connectivity index (χ4v) is 2.87. The summed E-state index contributed by atoms with van der Waals surface area (Å²) in [6.45, 7) is 0.831. The van der Waals surface area contributed by atoms with Crippen LogP contribution in [-0.4, -0.2) is 6.61 Å². The first-order chi connectivity index (χ1) is 9.72. The number of hydrogen-bond acceptors (Lipinski definition) is 2. The summed E-state index contributed by atoms with van der Waals surface area (Å²) in [4.78, 5) is 0. The molecule has 2 aromatic rings. The van der Waals surface area contributed by atoms with Crippen molar-refractivity contribution >= 4 is 15.9 Å². The molecule has 2 nitrogen and oxygen atoms in total. The number of ether oxygens (including phenoxy) is 1. The molecule has 0 radical (unpaired) electrons. The first kappa shape index (κ1) is 13.7. The second-order valence-electron chi connectivity index (χ2n) is 5.26. The van der Waals surface area contributed by atoms with Crippen molar-refractivity contribution in [3.8, 4) is 5.75 Å². The third kappa shape index (κ3) is 3.05. The zero-order valence-electron chi connectivity index (χ0n) is 11.3. The van der Waals surface area contributed by atoms with Crippen molar-refractivity contribution in [1.29, 1.82) is 0 Å². The van der Waals surface area contributed by atoms with Crippen LogP contribution in [0.1, 0.15) is 29.2 Å². The van der Waals surface area contributed by atoms with Crippen LogP contribution in [0.2, 0.25) is 0 Å². The van der Waals surface area contributed by atoms with E-state index >= 15 is 0 Å². The van der Waals surface area contributed by atoms with Gasteiger partial charge in [-0.05, 0) is 54.2 Å². The van der Waals surface area contributed by atoms with E-state index in [1.54, 1.807) is 0 Å². The van der Waals surface area contributed by atoms with Crippen molar-refractivity contribution in [2.24, 2.45) is 5.73 Å². The van der Waals surface area contributed by atoms with Gasteiger partial charge in [-0.15, -0.1) is 0 Å². The standard InChI is InChI=1S/C17H18BrNO/c18-15-6-3-12(4-7-15)10-16(19)13-5-8-17-14(11-13)2-1-9-20-17/h3-8,11,16H,1-2,9-10,19H2. The van der Waals surface area contributed by atoms with E-state index < -0.39 is 0 Å². The zero-order valence-corrected chi connectivity index (χ0v) is 12.9. The molecule has 2 N–H and O–H groups in total. The molecular weight excluding hydrogens is 314 g/mol. The van der Waals surface area contributed by atoms with Crippen molar-refractivity contribution in [3.63, 3.8) is 0 Å². The Kier molecular flexibility index (Phi) is 4.08. The van der Waals surface area contributed by atoms with Gasteiger partial charge in [0, 0.05) is 10.5 Å². The molecule has 0 aromatic heterocycles. The van der Waals surface area contributed by atoms with Gasteiger partial charge < -0.3 is 10.5 Å². The minimum atomic E-state index is 0.0309. The van der Waals surface area contributed by atoms with Crippen LogP contribution in [0.4, 0.5) is 0 Å². The van der Waals surface area contributed by atoms with Crippen molar-refractivity contribution in [3.05, 3.63) is 63.6 Å². The maximum atomic E-state index is 6.35. The van der Waals surface area contributed by atoms with E-state index in [0.717, 1.165) is 36.1 Å². The summed E-state index contributed by atoms with van der Waals surface area (Å²) in [6, 6.07) is 14.7. The molecule has 1 aliphatic heterocycles. The topological polar surface area (TPSA) is 35.2 Å². The highest BCUT2D eigenvalue weighted by atomic mass is 79.9. The Hall–Kier alpha value is -1.32. The van der Waals surface area contributed by atoms with Gasteiger partial charge in [-0.2, -0.15) is 0 Å². The summed E-state index contributed by atoms with van der Waals surface area (Å²) in [5.74, 6) is 1.02. The minimum absolute atomic E-state index is 0.0309. The molecule has 0 saturated heterocycles. The van der Waals surface area contributed by atoms with Gasteiger partial charge in [0.2, 0.25) is 0 Å². The van der Waals surface area contributed by atoms with E-state index in [2.05, 4.69) is 58.4 Å². The normalized spacial score (nSPS) is 15.3. The molecule has 1 atom stereocenters. The molecule has 1 heterocycles. The van der Waals surface area contributed by atoms with Crippen LogP contribution in [-0.2, 0) is 12.8 Å². The Balaban J connectivity index is 1.76. The van der Waals surface area contributed by atoms with Crippen LogP contribution in [0, 0.1) is 0 Å². The number of hydrogen-bond donors (Lipinski definition) is 1. The number of nitrogens with two attached hydrogens (primary N) is 1. The number of benzene rings is 2. The van der Waals surface area contributed by atoms with Crippen molar-refractivity contribution in [1.82, 2.24) is 0 Å². The smallest absolute Gasteiger partial charge is 0.122 e. The Morgan fingerprint density at radius 3 is 2.75 bits per heavy atom. The highest BCUT2D eigenvalue weighted by Gasteiger charge is 2.14. The summed E-state index contributed by atoms with van der Waals surface area (Å²) < 4.78 is 6.74. The number of halogens is 1. The minimum Gasteiger partial charge on any atom is -0.493 e. The van der Waals surface area contributed by atoms with Gasteiger partial charge in [0.05, 0.1) is 6.61 Å². The van der Waals surface area contributed by atoms with Crippen LogP contribution in [0.25, 0.3) is 0 Å². The molecule has 1 unspecified atom stereocenters. The second-order valence-corrected chi connectivity index (χ2v) is 6.17. The Labute approximate surface area is 128 Å². The molecule has 3 heteroatoms. The molecule has 1 aliphatic rings. The van der Waals surface area contributed by atoms with E-state index in [1.165, 1.54) is 16.7 Å². The van der Waals surface area contributed by atoms with Gasteiger partial charge in [0.25, 0.3) is 0 Å². The van der Waals surface area contributed by atoms with E-state index in [-0.39, 0.29) is 6.04 Å². The molecule has 20 heavy (non-hydrogen) atoms. The molecule has 0 fully saturated rings. The number of rotatable bonds is 3. The van der Waals surface area contributed by atoms with Gasteiger partial charge in [0.15, 0.2) is 0 Å². The zero-order chi connectivity index (χ0) is 13.9. The van der Waals surface area contributed by atoms with Crippen LogP contribution >= 0.6 is 15.9 Å². The first-order valence-corrected chi connectivity index (χ1v) is 7.77. The summed E-state index contributed by atoms with van der Waals surface area (Å²) >= 11 is 3.45. The van der Waals surface area contributed by atoms with Crippen LogP contribution in [0.3, 0.4) is 0 Å². The predicted molar refractivity (Wildman–Crippen MR) is 85.0 cm³/mol. The van der Waals surface area contributed by atoms with Crippen LogP contribution in [0.5, 0.6) is 5.75 Å². The average Bonchev–Trinajstić information content (AvgIpc) is 2.49. The van der Waals surface area contributed by atoms with E-state index in [0.29, 0.717) is 0 Å². The fourth-order valence-electron chi connectivity index (χ4n) is 2.60. The van der Waals surface area contributed by atoms with Gasteiger partial charge >= 0.3 is 0 Å². The monoisotopic (exact) mass is 331 g/mol. The molecule has 0 spiro atoms. The van der Waals surface area contributed by atoms with Crippen LogP contribution in [0.15, 0.2) is 46.9 Å². The van der Waals surface area contributed by atoms with Gasteiger partial charge in [-0.3, -0.25) is 0 Å². The first-order valence-electron chi connectivity index (χ1n) is 6.98.